The monoisotopic (exact) mass is 513 g/mol. The maximum Gasteiger partial charge on any atom is 0.410 e. The Bertz CT molecular complexity index is 1110. The van der Waals surface area contributed by atoms with Crippen LogP contribution in [0.4, 0.5) is 20.6 Å². The number of carbonyl (C=O) groups is 2. The van der Waals surface area contributed by atoms with Crippen LogP contribution < -0.4 is 14.5 Å². The van der Waals surface area contributed by atoms with Crippen LogP contribution in [0.15, 0.2) is 42.5 Å². The zero-order chi connectivity index (χ0) is 27.5. The summed E-state index contributed by atoms with van der Waals surface area (Å²) >= 11 is 0. The third-order valence-corrected chi connectivity index (χ3v) is 6.51. The van der Waals surface area contributed by atoms with E-state index in [9.17, 15) is 9.59 Å². The van der Waals surface area contributed by atoms with Crippen molar-refractivity contribution in [3.8, 4) is 5.75 Å². The molecule has 1 unspecified atom stereocenters. The largest absolute Gasteiger partial charge is 0.484 e. The van der Waals surface area contributed by atoms with Gasteiger partial charge in [0, 0.05) is 32.9 Å². The molecule has 0 radical (unpaired) electrons. The Kier molecular flexibility index (Phi) is 8.40. The normalized spacial score (nSPS) is 15.9. The highest BCUT2D eigenvalue weighted by molar-refractivity contribution is 5.94. The highest BCUT2D eigenvalue weighted by Gasteiger charge is 2.32. The molecular formula is C29H40FN3O4. The summed E-state index contributed by atoms with van der Waals surface area (Å²) in [7, 11) is 3.31. The molecular weight excluding hydrogens is 473 g/mol. The maximum atomic E-state index is 15.1. The summed E-state index contributed by atoms with van der Waals surface area (Å²) in [5.41, 5.74) is 1.53. The molecule has 3 rings (SSSR count). The van der Waals surface area contributed by atoms with Gasteiger partial charge in [-0.1, -0.05) is 32.9 Å². The lowest BCUT2D eigenvalue weighted by atomic mass is 9.87. The van der Waals surface area contributed by atoms with Crippen LogP contribution in [0.1, 0.15) is 53.5 Å². The molecule has 8 heteroatoms. The smallest absolute Gasteiger partial charge is 0.410 e. The standard InChI is InChI=1S/C29H40FN3O4/c1-28(2,3)20-9-12-23(13-10-20)36-19-26(34)31(7)21-11-14-25(24(30)17-21)33-16-15-22(18-33)32(8)27(35)37-29(4,5)6/h9-14,17,22H,15-16,18-19H2,1-8H3. The van der Waals surface area contributed by atoms with Crippen LogP contribution in [0.3, 0.4) is 0 Å². The van der Waals surface area contributed by atoms with Gasteiger partial charge in [0.15, 0.2) is 6.61 Å². The molecule has 2 amide bonds. The molecule has 2 aromatic rings. The number of halogens is 1. The number of rotatable bonds is 6. The summed E-state index contributed by atoms with van der Waals surface area (Å²) in [5.74, 6) is -0.0973. The first kappa shape index (κ1) is 28.3. The molecule has 0 saturated carbocycles. The number of hydrogen-bond donors (Lipinski definition) is 0. The highest BCUT2D eigenvalue weighted by Crippen LogP contribution is 2.29. The predicted octanol–water partition coefficient (Wildman–Crippen LogP) is 5.61. The van der Waals surface area contributed by atoms with Crippen molar-refractivity contribution in [2.75, 3.05) is 43.6 Å². The number of carbonyl (C=O) groups excluding carboxylic acids is 2. The fourth-order valence-corrected chi connectivity index (χ4v) is 4.16. The Labute approximate surface area is 220 Å². The third kappa shape index (κ3) is 7.37. The number of nitrogens with zero attached hydrogens (tertiary/aromatic N) is 3. The van der Waals surface area contributed by atoms with Crippen molar-refractivity contribution in [2.24, 2.45) is 0 Å². The van der Waals surface area contributed by atoms with Gasteiger partial charge in [0.25, 0.3) is 5.91 Å². The number of anilines is 2. The number of amides is 2. The molecule has 0 aliphatic carbocycles. The van der Waals surface area contributed by atoms with Gasteiger partial charge < -0.3 is 24.2 Å². The van der Waals surface area contributed by atoms with Gasteiger partial charge in [-0.05, 0) is 68.5 Å². The first-order valence-corrected chi connectivity index (χ1v) is 12.7. The molecule has 1 atom stereocenters. The first-order chi connectivity index (χ1) is 17.2. The molecule has 1 heterocycles. The lowest BCUT2D eigenvalue weighted by Gasteiger charge is -2.29. The molecule has 1 aliphatic rings. The van der Waals surface area contributed by atoms with Crippen LogP contribution in [0.25, 0.3) is 0 Å². The summed E-state index contributed by atoms with van der Waals surface area (Å²) in [5, 5.41) is 0. The summed E-state index contributed by atoms with van der Waals surface area (Å²) < 4.78 is 26.2. The second kappa shape index (κ2) is 11.0. The van der Waals surface area contributed by atoms with Crippen molar-refractivity contribution in [1.82, 2.24) is 4.90 Å². The molecule has 0 bridgehead atoms. The van der Waals surface area contributed by atoms with Crippen molar-refractivity contribution in [2.45, 2.75) is 65.0 Å². The highest BCUT2D eigenvalue weighted by atomic mass is 19.1. The zero-order valence-corrected chi connectivity index (χ0v) is 23.3. The molecule has 1 saturated heterocycles. The van der Waals surface area contributed by atoms with Gasteiger partial charge >= 0.3 is 6.09 Å². The van der Waals surface area contributed by atoms with Crippen LogP contribution in [-0.4, -0.2) is 62.3 Å². The van der Waals surface area contributed by atoms with E-state index in [1.807, 2.05) is 49.9 Å². The van der Waals surface area contributed by atoms with Gasteiger partial charge in [0.05, 0.1) is 11.7 Å². The number of likely N-dealkylation sites (N-methyl/N-ethyl adjacent to an activating group) is 2. The lowest BCUT2D eigenvalue weighted by Crippen LogP contribution is -2.42. The fraction of sp³-hybridized carbons (Fsp3) is 0.517. The van der Waals surface area contributed by atoms with Gasteiger partial charge in [0.2, 0.25) is 0 Å². The molecule has 1 aliphatic heterocycles. The van der Waals surface area contributed by atoms with Gasteiger partial charge in [-0.15, -0.1) is 0 Å². The van der Waals surface area contributed by atoms with E-state index < -0.39 is 11.4 Å². The minimum atomic E-state index is -0.572. The van der Waals surface area contributed by atoms with E-state index in [0.717, 1.165) is 0 Å². The second-order valence-corrected chi connectivity index (χ2v) is 11.6. The van der Waals surface area contributed by atoms with Gasteiger partial charge in [0.1, 0.15) is 17.2 Å². The molecule has 0 aromatic heterocycles. The van der Waals surface area contributed by atoms with Crippen molar-refractivity contribution >= 4 is 23.4 Å². The van der Waals surface area contributed by atoms with Crippen LogP contribution >= 0.6 is 0 Å². The van der Waals surface area contributed by atoms with Gasteiger partial charge in [-0.3, -0.25) is 4.79 Å². The van der Waals surface area contributed by atoms with Crippen LogP contribution in [0.2, 0.25) is 0 Å². The zero-order valence-electron chi connectivity index (χ0n) is 23.3. The Morgan fingerprint density at radius 3 is 2.24 bits per heavy atom. The van der Waals surface area contributed by atoms with Gasteiger partial charge in [-0.2, -0.15) is 0 Å². The Balaban J connectivity index is 1.58. The van der Waals surface area contributed by atoms with E-state index in [2.05, 4.69) is 20.8 Å². The average molecular weight is 514 g/mol. The third-order valence-electron chi connectivity index (χ3n) is 6.51. The van der Waals surface area contributed by atoms with E-state index in [1.165, 1.54) is 16.5 Å². The Morgan fingerprint density at radius 1 is 1.03 bits per heavy atom. The summed E-state index contributed by atoms with van der Waals surface area (Å²) in [6, 6.07) is 12.4. The topological polar surface area (TPSA) is 62.3 Å². The number of ether oxygens (including phenoxy) is 2. The van der Waals surface area contributed by atoms with E-state index in [0.29, 0.717) is 36.6 Å². The molecule has 202 valence electrons. The summed E-state index contributed by atoms with van der Waals surface area (Å²) in [4.78, 5) is 30.0. The van der Waals surface area contributed by atoms with Crippen molar-refractivity contribution < 1.29 is 23.5 Å². The molecule has 1 fully saturated rings. The van der Waals surface area contributed by atoms with E-state index in [-0.39, 0.29) is 30.1 Å². The molecule has 7 nitrogen and oxygen atoms in total. The molecule has 0 spiro atoms. The van der Waals surface area contributed by atoms with Crippen LogP contribution in [-0.2, 0) is 14.9 Å². The van der Waals surface area contributed by atoms with Crippen LogP contribution in [0, 0.1) is 5.82 Å². The van der Waals surface area contributed by atoms with E-state index in [1.54, 1.807) is 31.1 Å². The van der Waals surface area contributed by atoms with Gasteiger partial charge in [-0.25, -0.2) is 9.18 Å². The molecule has 2 aromatic carbocycles. The second-order valence-electron chi connectivity index (χ2n) is 11.6. The first-order valence-electron chi connectivity index (χ1n) is 12.7. The quantitative estimate of drug-likeness (QED) is 0.502. The molecule has 37 heavy (non-hydrogen) atoms. The predicted molar refractivity (Wildman–Crippen MR) is 145 cm³/mol. The lowest BCUT2D eigenvalue weighted by molar-refractivity contribution is -0.120. The summed E-state index contributed by atoms with van der Waals surface area (Å²) in [6.07, 6.45) is 0.325. The van der Waals surface area contributed by atoms with Crippen molar-refractivity contribution in [3.05, 3.63) is 53.8 Å². The minimum absolute atomic E-state index is 0.0365. The van der Waals surface area contributed by atoms with Crippen molar-refractivity contribution in [1.29, 1.82) is 0 Å². The fourth-order valence-electron chi connectivity index (χ4n) is 4.16. The minimum Gasteiger partial charge on any atom is -0.484 e. The molecule has 0 N–H and O–H groups in total. The van der Waals surface area contributed by atoms with E-state index >= 15 is 4.39 Å². The Hall–Kier alpha value is -3.29. The van der Waals surface area contributed by atoms with E-state index in [4.69, 9.17) is 9.47 Å². The van der Waals surface area contributed by atoms with Crippen molar-refractivity contribution in [3.63, 3.8) is 0 Å². The Morgan fingerprint density at radius 2 is 1.68 bits per heavy atom. The summed E-state index contributed by atoms with van der Waals surface area (Å²) in [6.45, 7) is 12.9. The van der Waals surface area contributed by atoms with Crippen LogP contribution in [0.5, 0.6) is 5.75 Å². The maximum absolute atomic E-state index is 15.1. The average Bonchev–Trinajstić information content (AvgIpc) is 3.30. The number of benzene rings is 2. The number of hydrogen-bond acceptors (Lipinski definition) is 5. The SMILES string of the molecule is CN(C(=O)COc1ccc(C(C)(C)C)cc1)c1ccc(N2CCC(N(C)C(=O)OC(C)(C)C)C2)c(F)c1.